The van der Waals surface area contributed by atoms with Crippen molar-refractivity contribution in [3.63, 3.8) is 0 Å². The van der Waals surface area contributed by atoms with Crippen molar-refractivity contribution < 1.29 is 23.8 Å². The largest absolute Gasteiger partial charge is 0.490 e. The van der Waals surface area contributed by atoms with Gasteiger partial charge in [-0.3, -0.25) is 9.59 Å². The molecule has 0 unspecified atom stereocenters. The van der Waals surface area contributed by atoms with Gasteiger partial charge in [0.1, 0.15) is 18.1 Å². The van der Waals surface area contributed by atoms with Gasteiger partial charge in [0.15, 0.2) is 11.0 Å². The minimum Gasteiger partial charge on any atom is -0.490 e. The highest BCUT2D eigenvalue weighted by Gasteiger charge is 2.35. The van der Waals surface area contributed by atoms with Crippen LogP contribution >= 0.6 is 11.6 Å². The molecule has 1 saturated heterocycles. The van der Waals surface area contributed by atoms with Crippen LogP contribution in [0.4, 0.5) is 5.69 Å². The fraction of sp³-hybridized carbons (Fsp3) is 0.385. The van der Waals surface area contributed by atoms with E-state index in [0.29, 0.717) is 59.1 Å². The van der Waals surface area contributed by atoms with E-state index in [4.69, 9.17) is 30.6 Å². The van der Waals surface area contributed by atoms with Gasteiger partial charge in [0.05, 0.1) is 34.6 Å². The van der Waals surface area contributed by atoms with E-state index in [0.717, 1.165) is 31.6 Å². The molecular formula is C26H26ClNO6. The van der Waals surface area contributed by atoms with Crippen molar-refractivity contribution in [2.75, 3.05) is 31.2 Å². The monoisotopic (exact) mass is 483 g/mol. The average Bonchev–Trinajstić information content (AvgIpc) is 3.33. The minimum atomic E-state index is -0.767. The molecule has 1 saturated carbocycles. The lowest BCUT2D eigenvalue weighted by molar-refractivity contribution is -0.151. The van der Waals surface area contributed by atoms with Crippen LogP contribution in [0.5, 0.6) is 5.75 Å². The van der Waals surface area contributed by atoms with Gasteiger partial charge >= 0.3 is 5.97 Å². The van der Waals surface area contributed by atoms with E-state index in [2.05, 4.69) is 4.90 Å². The highest BCUT2D eigenvalue weighted by molar-refractivity contribution is 6.34. The lowest BCUT2D eigenvalue weighted by Gasteiger charge is -2.32. The summed E-state index contributed by atoms with van der Waals surface area (Å²) in [4.78, 5) is 26.0. The van der Waals surface area contributed by atoms with Gasteiger partial charge in [0.2, 0.25) is 0 Å². The second kappa shape index (κ2) is 9.68. The summed E-state index contributed by atoms with van der Waals surface area (Å²) in [5, 5.41) is 9.81. The number of hydrogen-bond donors (Lipinski definition) is 1. The van der Waals surface area contributed by atoms with Crippen LogP contribution in [0.15, 0.2) is 51.7 Å². The number of carboxylic acid groups (broad SMARTS) is 1. The zero-order valence-corrected chi connectivity index (χ0v) is 19.4. The van der Waals surface area contributed by atoms with Crippen molar-refractivity contribution >= 4 is 34.2 Å². The van der Waals surface area contributed by atoms with Crippen LogP contribution in [-0.4, -0.2) is 43.5 Å². The van der Waals surface area contributed by atoms with Crippen molar-refractivity contribution in [2.45, 2.75) is 31.8 Å². The molecule has 1 aliphatic heterocycles. The molecule has 7 nitrogen and oxygen atoms in total. The Labute approximate surface area is 201 Å². The number of aliphatic carboxylic acids is 1. The van der Waals surface area contributed by atoms with Crippen molar-refractivity contribution in [3.8, 4) is 17.1 Å². The smallest absolute Gasteiger partial charge is 0.306 e. The van der Waals surface area contributed by atoms with Gasteiger partial charge < -0.3 is 23.9 Å². The van der Waals surface area contributed by atoms with Gasteiger partial charge in [-0.15, -0.1) is 0 Å². The summed E-state index contributed by atoms with van der Waals surface area (Å²) in [5.74, 6) is -0.0916. The van der Waals surface area contributed by atoms with E-state index in [-0.39, 0.29) is 17.5 Å². The van der Waals surface area contributed by atoms with E-state index in [1.54, 1.807) is 18.2 Å². The fourth-order valence-corrected chi connectivity index (χ4v) is 4.76. The summed E-state index contributed by atoms with van der Waals surface area (Å²) in [7, 11) is 0. The Hall–Kier alpha value is -3.03. The Morgan fingerprint density at radius 2 is 1.91 bits per heavy atom. The maximum absolute atomic E-state index is 12.7. The summed E-state index contributed by atoms with van der Waals surface area (Å²) in [6, 6.07) is 12.5. The van der Waals surface area contributed by atoms with Gasteiger partial charge in [0, 0.05) is 30.9 Å². The van der Waals surface area contributed by atoms with Crippen LogP contribution in [0.3, 0.4) is 0 Å². The number of para-hydroxylation sites is 1. The highest BCUT2D eigenvalue weighted by atomic mass is 35.5. The molecule has 0 amide bonds. The molecule has 0 atom stereocenters. The Morgan fingerprint density at radius 1 is 1.12 bits per heavy atom. The third-order valence-electron chi connectivity index (χ3n) is 6.55. The molecule has 1 aromatic heterocycles. The maximum Gasteiger partial charge on any atom is 0.306 e. The summed E-state index contributed by atoms with van der Waals surface area (Å²) in [6.45, 7) is 2.63. The Bertz CT molecular complexity index is 1260. The molecule has 8 heteroatoms. The molecular weight excluding hydrogens is 458 g/mol. The van der Waals surface area contributed by atoms with Gasteiger partial charge in [0.25, 0.3) is 0 Å². The molecule has 0 radical (unpaired) electrons. The number of benzene rings is 2. The predicted molar refractivity (Wildman–Crippen MR) is 130 cm³/mol. The number of ether oxygens (including phenoxy) is 2. The molecule has 0 spiro atoms. The number of carboxylic acids is 1. The normalized spacial score (nSPS) is 19.9. The predicted octanol–water partition coefficient (Wildman–Crippen LogP) is 4.97. The Morgan fingerprint density at radius 3 is 2.68 bits per heavy atom. The fourth-order valence-electron chi connectivity index (χ4n) is 4.55. The average molecular weight is 484 g/mol. The van der Waals surface area contributed by atoms with Crippen LogP contribution in [0.1, 0.15) is 25.7 Å². The second-order valence-electron chi connectivity index (χ2n) is 8.81. The van der Waals surface area contributed by atoms with Crippen LogP contribution in [-0.2, 0) is 9.53 Å². The van der Waals surface area contributed by atoms with Crippen LogP contribution < -0.4 is 15.1 Å². The summed E-state index contributed by atoms with van der Waals surface area (Å²) >= 11 is 6.30. The molecule has 2 aliphatic rings. The number of hydrogen-bond acceptors (Lipinski definition) is 6. The first-order valence-corrected chi connectivity index (χ1v) is 12.0. The van der Waals surface area contributed by atoms with Crippen molar-refractivity contribution in [1.29, 1.82) is 0 Å². The lowest BCUT2D eigenvalue weighted by Crippen LogP contribution is -2.37. The third kappa shape index (κ3) is 4.63. The molecule has 0 bridgehead atoms. The number of nitrogens with zero attached hydrogens (tertiary/aromatic N) is 1. The Balaban J connectivity index is 1.38. The van der Waals surface area contributed by atoms with E-state index in [9.17, 15) is 9.59 Å². The zero-order valence-electron chi connectivity index (χ0n) is 18.7. The van der Waals surface area contributed by atoms with Crippen LogP contribution in [0.25, 0.3) is 22.3 Å². The van der Waals surface area contributed by atoms with Crippen molar-refractivity contribution in [3.05, 3.63) is 57.7 Å². The quantitative estimate of drug-likeness (QED) is 0.452. The summed E-state index contributed by atoms with van der Waals surface area (Å²) < 4.78 is 17.9. The number of rotatable bonds is 8. The molecule has 34 heavy (non-hydrogen) atoms. The maximum atomic E-state index is 12.7. The molecule has 2 aromatic carbocycles. The molecule has 178 valence electrons. The van der Waals surface area contributed by atoms with Crippen LogP contribution in [0, 0.1) is 5.92 Å². The SMILES string of the molecule is O=C(O)C1CC(OCCOc2cc(N3CCCC3)ccc2-c2cc(=O)c3cccc(Cl)c3o2)C1. The molecule has 1 aliphatic carbocycles. The van der Waals surface area contributed by atoms with Gasteiger partial charge in [-0.25, -0.2) is 0 Å². The molecule has 2 heterocycles. The van der Waals surface area contributed by atoms with Gasteiger partial charge in [-0.2, -0.15) is 0 Å². The molecule has 3 aromatic rings. The van der Waals surface area contributed by atoms with E-state index in [1.165, 1.54) is 6.07 Å². The van der Waals surface area contributed by atoms with Crippen molar-refractivity contribution in [1.82, 2.24) is 0 Å². The first kappa shape index (κ1) is 22.7. The summed E-state index contributed by atoms with van der Waals surface area (Å²) in [6.07, 6.45) is 3.34. The summed E-state index contributed by atoms with van der Waals surface area (Å²) in [5.41, 5.74) is 1.90. The van der Waals surface area contributed by atoms with E-state index >= 15 is 0 Å². The first-order chi connectivity index (χ1) is 16.5. The van der Waals surface area contributed by atoms with E-state index < -0.39 is 5.97 Å². The van der Waals surface area contributed by atoms with Crippen molar-refractivity contribution in [2.24, 2.45) is 5.92 Å². The Kier molecular flexibility index (Phi) is 6.48. The van der Waals surface area contributed by atoms with E-state index in [1.807, 2.05) is 18.2 Å². The number of carbonyl (C=O) groups is 1. The lowest BCUT2D eigenvalue weighted by atomic mass is 9.82. The molecule has 5 rings (SSSR count). The number of anilines is 1. The van der Waals surface area contributed by atoms with Gasteiger partial charge in [-0.05, 0) is 49.9 Å². The second-order valence-corrected chi connectivity index (χ2v) is 9.22. The topological polar surface area (TPSA) is 89.2 Å². The number of fused-ring (bicyclic) bond motifs is 1. The minimum absolute atomic E-state index is 0.0410. The van der Waals surface area contributed by atoms with Gasteiger partial charge in [-0.1, -0.05) is 17.7 Å². The third-order valence-corrected chi connectivity index (χ3v) is 6.84. The molecule has 2 fully saturated rings. The van der Waals surface area contributed by atoms with Crippen LogP contribution in [0.2, 0.25) is 5.02 Å². The molecule has 1 N–H and O–H groups in total. The first-order valence-electron chi connectivity index (χ1n) is 11.6. The zero-order chi connectivity index (χ0) is 23.7. The highest BCUT2D eigenvalue weighted by Crippen LogP contribution is 2.36. The standard InChI is InChI=1S/C26H26ClNO6/c27-21-5-3-4-19-22(29)15-24(34-25(19)21)20-7-6-17(28-8-1-2-9-28)14-23(20)33-11-10-32-18-12-16(13-18)26(30)31/h3-7,14-16,18H,1-2,8-13H2,(H,30,31). The number of halogens is 1.